The van der Waals surface area contributed by atoms with Crippen molar-refractivity contribution in [1.29, 1.82) is 0 Å². The molecule has 0 radical (unpaired) electrons. The quantitative estimate of drug-likeness (QED) is 0.864. The number of hydrogen-bond donors (Lipinski definition) is 2. The van der Waals surface area contributed by atoms with Crippen molar-refractivity contribution in [2.45, 2.75) is 30.7 Å². The largest absolute Gasteiger partial charge is 0.355 e. The lowest BCUT2D eigenvalue weighted by molar-refractivity contribution is 0.346. The molecule has 22 heavy (non-hydrogen) atoms. The monoisotopic (exact) mass is 322 g/mol. The van der Waals surface area contributed by atoms with Crippen molar-refractivity contribution in [2.75, 3.05) is 26.2 Å². The van der Waals surface area contributed by atoms with Crippen LogP contribution in [0.4, 0.5) is 0 Å². The van der Waals surface area contributed by atoms with E-state index < -0.39 is 10.0 Å². The molecule has 0 atom stereocenters. The number of aliphatic imine (C=N–C) groups is 1. The van der Waals surface area contributed by atoms with Crippen LogP contribution < -0.4 is 10.6 Å². The molecule has 1 aromatic rings. The van der Waals surface area contributed by atoms with E-state index in [1.807, 2.05) is 6.07 Å². The predicted octanol–water partition coefficient (Wildman–Crippen LogP) is 0.910. The van der Waals surface area contributed by atoms with Gasteiger partial charge in [0.25, 0.3) is 0 Å². The highest BCUT2D eigenvalue weighted by atomic mass is 32.2. The molecule has 7 heteroatoms. The van der Waals surface area contributed by atoms with E-state index in [0.29, 0.717) is 24.5 Å². The van der Waals surface area contributed by atoms with Gasteiger partial charge < -0.3 is 10.6 Å². The standard InChI is InChI=1S/C15H22N4O2S/c20-22(21,19-9-2-1-3-10-19)14-6-4-5-13(11-14)12-18-15-16-7-8-17-15/h4-6,11H,1-3,7-10,12H2,(H2,16,17,18). The van der Waals surface area contributed by atoms with Crippen molar-refractivity contribution in [3.05, 3.63) is 29.8 Å². The fraction of sp³-hybridized carbons (Fsp3) is 0.533. The average Bonchev–Trinajstić information content (AvgIpc) is 3.07. The molecule has 2 heterocycles. The molecule has 6 nitrogen and oxygen atoms in total. The Bertz CT molecular complexity index is 651. The summed E-state index contributed by atoms with van der Waals surface area (Å²) < 4.78 is 26.9. The summed E-state index contributed by atoms with van der Waals surface area (Å²) in [5.74, 6) is 0.782. The van der Waals surface area contributed by atoms with Gasteiger partial charge in [-0.25, -0.2) is 8.42 Å². The Kier molecular flexibility index (Phi) is 4.63. The summed E-state index contributed by atoms with van der Waals surface area (Å²) in [7, 11) is -3.36. The van der Waals surface area contributed by atoms with Gasteiger partial charge in [0.15, 0.2) is 5.96 Å². The number of hydrogen-bond acceptors (Lipinski definition) is 5. The third-order valence-corrected chi connectivity index (χ3v) is 5.88. The number of piperidine rings is 1. The second-order valence-corrected chi connectivity index (χ2v) is 7.56. The molecule has 1 saturated heterocycles. The molecule has 1 fully saturated rings. The second-order valence-electron chi connectivity index (χ2n) is 5.62. The minimum atomic E-state index is -3.36. The minimum absolute atomic E-state index is 0.384. The van der Waals surface area contributed by atoms with E-state index in [4.69, 9.17) is 0 Å². The van der Waals surface area contributed by atoms with Gasteiger partial charge >= 0.3 is 0 Å². The molecule has 1 aromatic carbocycles. The SMILES string of the molecule is O=S(=O)(c1cccc(CNC2=NCCN2)c1)N1CCCCC1. The smallest absolute Gasteiger partial charge is 0.243 e. The van der Waals surface area contributed by atoms with E-state index in [1.54, 1.807) is 22.5 Å². The summed E-state index contributed by atoms with van der Waals surface area (Å²) in [6.07, 6.45) is 3.02. The Morgan fingerprint density at radius 1 is 1.23 bits per heavy atom. The van der Waals surface area contributed by atoms with E-state index >= 15 is 0 Å². The summed E-state index contributed by atoms with van der Waals surface area (Å²) in [5.41, 5.74) is 0.939. The maximum atomic E-state index is 12.7. The van der Waals surface area contributed by atoms with Crippen LogP contribution in [-0.2, 0) is 16.6 Å². The van der Waals surface area contributed by atoms with Crippen LogP contribution in [0.25, 0.3) is 0 Å². The van der Waals surface area contributed by atoms with Crippen LogP contribution in [-0.4, -0.2) is 44.9 Å². The predicted molar refractivity (Wildman–Crippen MR) is 86.2 cm³/mol. The van der Waals surface area contributed by atoms with Crippen molar-refractivity contribution in [2.24, 2.45) is 4.99 Å². The maximum absolute atomic E-state index is 12.7. The van der Waals surface area contributed by atoms with E-state index in [-0.39, 0.29) is 0 Å². The van der Waals surface area contributed by atoms with Crippen LogP contribution >= 0.6 is 0 Å². The molecule has 120 valence electrons. The van der Waals surface area contributed by atoms with Gasteiger partial charge in [0.05, 0.1) is 11.4 Å². The van der Waals surface area contributed by atoms with Crippen LogP contribution in [0.1, 0.15) is 24.8 Å². The molecule has 0 bridgehead atoms. The van der Waals surface area contributed by atoms with E-state index in [9.17, 15) is 8.42 Å². The maximum Gasteiger partial charge on any atom is 0.243 e. The van der Waals surface area contributed by atoms with Gasteiger partial charge in [-0.05, 0) is 30.5 Å². The van der Waals surface area contributed by atoms with Gasteiger partial charge in [-0.15, -0.1) is 0 Å². The minimum Gasteiger partial charge on any atom is -0.355 e. The normalized spacial score (nSPS) is 19.5. The number of rotatable bonds is 4. The molecular weight excluding hydrogens is 300 g/mol. The van der Waals surface area contributed by atoms with Crippen molar-refractivity contribution < 1.29 is 8.42 Å². The zero-order valence-electron chi connectivity index (χ0n) is 12.6. The number of nitrogens with zero attached hydrogens (tertiary/aromatic N) is 2. The number of sulfonamides is 1. The first-order valence-corrected chi connectivity index (χ1v) is 9.21. The molecule has 2 aliphatic heterocycles. The Balaban J connectivity index is 1.72. The number of nitrogens with one attached hydrogen (secondary N) is 2. The topological polar surface area (TPSA) is 73.8 Å². The molecule has 3 rings (SSSR count). The third kappa shape index (κ3) is 3.41. The first kappa shape index (κ1) is 15.3. The van der Waals surface area contributed by atoms with Gasteiger partial charge in [-0.2, -0.15) is 4.31 Å². The van der Waals surface area contributed by atoms with Crippen LogP contribution in [0, 0.1) is 0 Å². The molecule has 0 amide bonds. The summed E-state index contributed by atoms with van der Waals surface area (Å²) in [5, 5.41) is 6.32. The van der Waals surface area contributed by atoms with Crippen molar-refractivity contribution in [3.8, 4) is 0 Å². The molecular formula is C15H22N4O2S. The number of benzene rings is 1. The first-order chi connectivity index (χ1) is 10.7. The van der Waals surface area contributed by atoms with Gasteiger partial charge in [-0.1, -0.05) is 18.6 Å². The zero-order chi connectivity index (χ0) is 15.4. The van der Waals surface area contributed by atoms with Crippen LogP contribution in [0.15, 0.2) is 34.2 Å². The third-order valence-electron chi connectivity index (χ3n) is 3.99. The van der Waals surface area contributed by atoms with Gasteiger partial charge in [0, 0.05) is 26.2 Å². The lowest BCUT2D eigenvalue weighted by Gasteiger charge is -2.26. The van der Waals surface area contributed by atoms with Gasteiger partial charge in [0.2, 0.25) is 10.0 Å². The Morgan fingerprint density at radius 3 is 2.77 bits per heavy atom. The van der Waals surface area contributed by atoms with Crippen molar-refractivity contribution in [3.63, 3.8) is 0 Å². The first-order valence-electron chi connectivity index (χ1n) is 7.77. The lowest BCUT2D eigenvalue weighted by Crippen LogP contribution is -2.35. The van der Waals surface area contributed by atoms with Gasteiger partial charge in [0.1, 0.15) is 0 Å². The highest BCUT2D eigenvalue weighted by Crippen LogP contribution is 2.21. The van der Waals surface area contributed by atoms with Crippen LogP contribution in [0.3, 0.4) is 0 Å². The van der Waals surface area contributed by atoms with Crippen LogP contribution in [0.2, 0.25) is 0 Å². The zero-order valence-corrected chi connectivity index (χ0v) is 13.4. The highest BCUT2D eigenvalue weighted by Gasteiger charge is 2.25. The molecule has 0 spiro atoms. The van der Waals surface area contributed by atoms with Crippen molar-refractivity contribution in [1.82, 2.24) is 14.9 Å². The lowest BCUT2D eigenvalue weighted by atomic mass is 10.2. The highest BCUT2D eigenvalue weighted by molar-refractivity contribution is 7.89. The fourth-order valence-corrected chi connectivity index (χ4v) is 4.36. The summed E-state index contributed by atoms with van der Waals surface area (Å²) in [6, 6.07) is 7.17. The second kappa shape index (κ2) is 6.66. The van der Waals surface area contributed by atoms with E-state index in [0.717, 1.165) is 43.9 Å². The molecule has 0 saturated carbocycles. The molecule has 0 aliphatic carbocycles. The van der Waals surface area contributed by atoms with E-state index in [2.05, 4.69) is 15.6 Å². The molecule has 2 N–H and O–H groups in total. The summed E-state index contributed by atoms with van der Waals surface area (Å²) in [4.78, 5) is 4.65. The van der Waals surface area contributed by atoms with Gasteiger partial charge in [-0.3, -0.25) is 4.99 Å². The fourth-order valence-electron chi connectivity index (χ4n) is 2.77. The van der Waals surface area contributed by atoms with Crippen LogP contribution in [0.5, 0.6) is 0 Å². The summed E-state index contributed by atoms with van der Waals surface area (Å²) in [6.45, 7) is 3.46. The Hall–Kier alpha value is -1.60. The molecule has 0 unspecified atom stereocenters. The molecule has 2 aliphatic rings. The Morgan fingerprint density at radius 2 is 2.05 bits per heavy atom. The average molecular weight is 322 g/mol. The molecule has 0 aromatic heterocycles. The number of guanidine groups is 1. The van der Waals surface area contributed by atoms with E-state index in [1.165, 1.54) is 0 Å². The Labute approximate surface area is 131 Å². The summed E-state index contributed by atoms with van der Waals surface area (Å²) >= 11 is 0. The van der Waals surface area contributed by atoms with Crippen molar-refractivity contribution >= 4 is 16.0 Å².